The molecule has 0 spiro atoms. The lowest BCUT2D eigenvalue weighted by molar-refractivity contribution is -0.125. The molecule has 0 aliphatic heterocycles. The molecule has 0 aliphatic rings. The Hall–Kier alpha value is -2.06. The molecule has 0 unspecified atom stereocenters. The van der Waals surface area contributed by atoms with Gasteiger partial charge in [0.05, 0.1) is 31.6 Å². The van der Waals surface area contributed by atoms with Gasteiger partial charge in [-0.25, -0.2) is 19.2 Å². The quantitative estimate of drug-likeness (QED) is 0.526. The number of aromatic nitrogens is 2. The van der Waals surface area contributed by atoms with Crippen molar-refractivity contribution in [1.82, 2.24) is 19.4 Å². The number of amides is 1. The fourth-order valence-electron chi connectivity index (χ4n) is 2.96. The van der Waals surface area contributed by atoms with Gasteiger partial charge in [-0.3, -0.25) is 0 Å². The van der Waals surface area contributed by atoms with Crippen LogP contribution in [0.4, 0.5) is 17.3 Å². The number of hydrogen-bond donors (Lipinski definition) is 1. The summed E-state index contributed by atoms with van der Waals surface area (Å²) in [5, 5.41) is 4.68. The number of anilines is 2. The third-order valence-electron chi connectivity index (χ3n) is 4.77. The average molecular weight is 478 g/mol. The second-order valence-electron chi connectivity index (χ2n) is 7.74. The number of fused-ring (bicyclic) bond motifs is 1. The average Bonchev–Trinajstić information content (AvgIpc) is 2.61. The van der Waals surface area contributed by atoms with Gasteiger partial charge in [0.1, 0.15) is 5.69 Å². The minimum Gasteiger partial charge on any atom is -0.324 e. The first-order valence-corrected chi connectivity index (χ1v) is 10.3. The first-order chi connectivity index (χ1) is 13.6. The first-order valence-electron chi connectivity index (χ1n) is 9.09. The molecule has 0 radical (unpaired) electrons. The number of nitrogens with zero attached hydrogens (tertiary/aromatic N) is 4. The molecule has 2 aromatic carbocycles. The number of benzene rings is 2. The predicted octanol–water partition coefficient (Wildman–Crippen LogP) is 4.96. The Morgan fingerprint density at radius 3 is 2.59 bits per heavy atom. The molecule has 0 saturated heterocycles. The maximum absolute atomic E-state index is 12.2. The van der Waals surface area contributed by atoms with Crippen molar-refractivity contribution in [2.24, 2.45) is 0 Å². The standard InChI is InChI=1S/C21H24BrClN5O/c1-13(29)28(4,5)18-7-14(12-27(2)3)6-17(10-18)25-21-24-11-15-8-16(22)9-19(23)20(15)26-21/h6-11H,12H2,1-5H3,(H,24,25,26)/q+1. The van der Waals surface area contributed by atoms with Gasteiger partial charge >= 0.3 is 5.91 Å². The van der Waals surface area contributed by atoms with E-state index in [0.29, 0.717) is 16.5 Å². The molecule has 0 aliphatic carbocycles. The molecule has 0 atom stereocenters. The summed E-state index contributed by atoms with van der Waals surface area (Å²) in [6.07, 6.45) is 1.74. The highest BCUT2D eigenvalue weighted by Gasteiger charge is 2.26. The maximum atomic E-state index is 12.2. The molecule has 0 bridgehead atoms. The molecule has 152 valence electrons. The van der Waals surface area contributed by atoms with Crippen molar-refractivity contribution < 1.29 is 4.79 Å². The summed E-state index contributed by atoms with van der Waals surface area (Å²) in [6.45, 7) is 2.34. The SMILES string of the molecule is CC(=O)[N+](C)(C)c1cc(CN(C)C)cc(Nc2ncc3cc(Br)cc(Cl)c3n2)c1. The Morgan fingerprint density at radius 1 is 1.21 bits per heavy atom. The second-order valence-corrected chi connectivity index (χ2v) is 9.07. The number of hydrogen-bond acceptors (Lipinski definition) is 5. The lowest BCUT2D eigenvalue weighted by Crippen LogP contribution is -2.45. The van der Waals surface area contributed by atoms with Crippen LogP contribution in [0.3, 0.4) is 0 Å². The van der Waals surface area contributed by atoms with E-state index in [1.54, 1.807) is 13.1 Å². The third kappa shape index (κ3) is 4.93. The van der Waals surface area contributed by atoms with Crippen molar-refractivity contribution in [2.45, 2.75) is 13.5 Å². The van der Waals surface area contributed by atoms with Gasteiger partial charge in [-0.2, -0.15) is 0 Å². The monoisotopic (exact) mass is 476 g/mol. The Labute approximate surface area is 184 Å². The summed E-state index contributed by atoms with van der Waals surface area (Å²) in [5.74, 6) is 0.500. The van der Waals surface area contributed by atoms with Gasteiger partial charge in [-0.1, -0.05) is 27.5 Å². The van der Waals surface area contributed by atoms with Crippen molar-refractivity contribution in [3.8, 4) is 0 Å². The first kappa shape index (κ1) is 21.6. The molecule has 1 amide bonds. The molecule has 8 heteroatoms. The number of rotatable bonds is 5. The zero-order valence-corrected chi connectivity index (χ0v) is 19.5. The van der Waals surface area contributed by atoms with Gasteiger partial charge in [0, 0.05) is 40.4 Å². The minimum absolute atomic E-state index is 0.0530. The Morgan fingerprint density at radius 2 is 1.93 bits per heavy atom. The van der Waals surface area contributed by atoms with Gasteiger partial charge < -0.3 is 10.2 Å². The van der Waals surface area contributed by atoms with Crippen LogP contribution in [0.5, 0.6) is 0 Å². The van der Waals surface area contributed by atoms with Crippen molar-refractivity contribution in [2.75, 3.05) is 33.5 Å². The van der Waals surface area contributed by atoms with Crippen LogP contribution in [-0.4, -0.2) is 49.0 Å². The van der Waals surface area contributed by atoms with E-state index in [4.69, 9.17) is 11.6 Å². The van der Waals surface area contributed by atoms with E-state index < -0.39 is 0 Å². The van der Waals surface area contributed by atoms with Crippen molar-refractivity contribution >= 4 is 61.7 Å². The van der Waals surface area contributed by atoms with Gasteiger partial charge in [0.15, 0.2) is 0 Å². The maximum Gasteiger partial charge on any atom is 0.315 e. The van der Waals surface area contributed by atoms with E-state index in [0.717, 1.165) is 33.3 Å². The summed E-state index contributed by atoms with van der Waals surface area (Å²) < 4.78 is 1.03. The van der Waals surface area contributed by atoms with Gasteiger partial charge in [0.2, 0.25) is 5.95 Å². The lowest BCUT2D eigenvalue weighted by atomic mass is 10.1. The molecule has 29 heavy (non-hydrogen) atoms. The fraction of sp³-hybridized carbons (Fsp3) is 0.286. The predicted molar refractivity (Wildman–Crippen MR) is 124 cm³/mol. The topological polar surface area (TPSA) is 58.1 Å². The summed E-state index contributed by atoms with van der Waals surface area (Å²) in [5.41, 5.74) is 3.48. The smallest absolute Gasteiger partial charge is 0.315 e. The van der Waals surface area contributed by atoms with Crippen LogP contribution in [0, 0.1) is 0 Å². The molecule has 1 aromatic heterocycles. The van der Waals surface area contributed by atoms with Crippen LogP contribution in [0.25, 0.3) is 10.9 Å². The minimum atomic E-state index is 0.0530. The number of quaternary nitrogens is 1. The fourth-order valence-corrected chi connectivity index (χ4v) is 3.84. The van der Waals surface area contributed by atoms with Crippen molar-refractivity contribution in [3.63, 3.8) is 0 Å². The van der Waals surface area contributed by atoms with Gasteiger partial charge in [-0.15, -0.1) is 0 Å². The van der Waals surface area contributed by atoms with Gasteiger partial charge in [-0.05, 0) is 37.9 Å². The van der Waals surface area contributed by atoms with Crippen molar-refractivity contribution in [1.29, 1.82) is 0 Å². The number of halogens is 2. The number of carbonyl (C=O) groups is 1. The van der Waals surface area contributed by atoms with Crippen LogP contribution >= 0.6 is 27.5 Å². The van der Waals surface area contributed by atoms with E-state index in [9.17, 15) is 4.79 Å². The molecule has 1 N–H and O–H groups in total. The van der Waals surface area contributed by atoms with E-state index in [2.05, 4.69) is 42.2 Å². The molecule has 3 rings (SSSR count). The Bertz CT molecular complexity index is 1080. The molecular formula is C21H24BrClN5O+. The highest BCUT2D eigenvalue weighted by atomic mass is 79.9. The third-order valence-corrected chi connectivity index (χ3v) is 5.51. The highest BCUT2D eigenvalue weighted by Crippen LogP contribution is 2.30. The zero-order valence-electron chi connectivity index (χ0n) is 17.1. The summed E-state index contributed by atoms with van der Waals surface area (Å²) in [7, 11) is 7.78. The Balaban J connectivity index is 2.03. The number of nitrogens with one attached hydrogen (secondary N) is 1. The van der Waals surface area contributed by atoms with Crippen LogP contribution in [0.1, 0.15) is 12.5 Å². The summed E-state index contributed by atoms with van der Waals surface area (Å²) in [6, 6.07) is 9.79. The molecule has 0 saturated carbocycles. The van der Waals surface area contributed by atoms with E-state index in [-0.39, 0.29) is 10.4 Å². The van der Waals surface area contributed by atoms with Crippen LogP contribution in [0.15, 0.2) is 41.0 Å². The van der Waals surface area contributed by atoms with Crippen LogP contribution < -0.4 is 9.80 Å². The second kappa shape index (κ2) is 8.36. The molecule has 6 nitrogen and oxygen atoms in total. The lowest BCUT2D eigenvalue weighted by Gasteiger charge is -2.26. The normalized spacial score (nSPS) is 11.9. The largest absolute Gasteiger partial charge is 0.324 e. The van der Waals surface area contributed by atoms with Gasteiger partial charge in [0.25, 0.3) is 0 Å². The summed E-state index contributed by atoms with van der Waals surface area (Å²) in [4.78, 5) is 23.3. The molecular weight excluding hydrogens is 454 g/mol. The number of carbonyl (C=O) groups excluding carboxylic acids is 1. The van der Waals surface area contributed by atoms with Crippen LogP contribution in [-0.2, 0) is 11.3 Å². The highest BCUT2D eigenvalue weighted by molar-refractivity contribution is 9.10. The molecule has 1 heterocycles. The molecule has 0 fully saturated rings. The van der Waals surface area contributed by atoms with Crippen molar-refractivity contribution in [3.05, 3.63) is 51.6 Å². The zero-order chi connectivity index (χ0) is 21.3. The van der Waals surface area contributed by atoms with E-state index in [1.165, 1.54) is 0 Å². The summed E-state index contributed by atoms with van der Waals surface area (Å²) >= 11 is 9.78. The Kier molecular flexibility index (Phi) is 6.24. The molecule has 3 aromatic rings. The van der Waals surface area contributed by atoms with Crippen LogP contribution in [0.2, 0.25) is 5.02 Å². The van der Waals surface area contributed by atoms with E-state index >= 15 is 0 Å². The van der Waals surface area contributed by atoms with E-state index in [1.807, 2.05) is 52.5 Å².